The number of rotatable bonds is 5. The highest BCUT2D eigenvalue weighted by Crippen LogP contribution is 2.28. The zero-order valence-corrected chi connectivity index (χ0v) is 12.9. The predicted molar refractivity (Wildman–Crippen MR) is 78.2 cm³/mol. The number of carbonyl (C=O) groups is 2. The van der Waals surface area contributed by atoms with Crippen molar-refractivity contribution in [2.24, 2.45) is 5.92 Å². The Morgan fingerprint density at radius 3 is 2.80 bits per heavy atom. The molecule has 0 radical (unpaired) electrons. The first-order valence-corrected chi connectivity index (χ1v) is 7.90. The van der Waals surface area contributed by atoms with Crippen molar-refractivity contribution >= 4 is 23.2 Å². The Hall–Kier alpha value is -1.43. The highest BCUT2D eigenvalue weighted by Gasteiger charge is 2.37. The minimum Gasteiger partial charge on any atom is -0.343 e. The summed E-state index contributed by atoms with van der Waals surface area (Å²) in [5.41, 5.74) is 0. The van der Waals surface area contributed by atoms with Crippen molar-refractivity contribution in [1.82, 2.24) is 15.2 Å². The quantitative estimate of drug-likeness (QED) is 0.903. The van der Waals surface area contributed by atoms with Gasteiger partial charge in [-0.25, -0.2) is 4.98 Å². The first-order chi connectivity index (χ1) is 9.52. The molecular weight excluding hydrogens is 274 g/mol. The number of thiazole rings is 1. The molecular formula is C14H21N3O2S. The van der Waals surface area contributed by atoms with Gasteiger partial charge in [0.25, 0.3) is 0 Å². The molecule has 2 rings (SSSR count). The third-order valence-corrected chi connectivity index (χ3v) is 4.31. The van der Waals surface area contributed by atoms with Crippen LogP contribution in [0.3, 0.4) is 0 Å². The van der Waals surface area contributed by atoms with E-state index in [0.717, 1.165) is 11.4 Å². The lowest BCUT2D eigenvalue weighted by Crippen LogP contribution is -2.58. The Morgan fingerprint density at radius 1 is 1.50 bits per heavy atom. The summed E-state index contributed by atoms with van der Waals surface area (Å²) in [4.78, 5) is 30.5. The molecule has 2 atom stereocenters. The zero-order valence-electron chi connectivity index (χ0n) is 12.1. The largest absolute Gasteiger partial charge is 0.343 e. The maximum Gasteiger partial charge on any atom is 0.246 e. The van der Waals surface area contributed by atoms with Gasteiger partial charge >= 0.3 is 0 Å². The maximum absolute atomic E-state index is 12.6. The highest BCUT2D eigenvalue weighted by atomic mass is 32.1. The van der Waals surface area contributed by atoms with Crippen LogP contribution in [-0.4, -0.2) is 34.3 Å². The van der Waals surface area contributed by atoms with Crippen LogP contribution < -0.4 is 5.32 Å². The van der Waals surface area contributed by atoms with Crippen molar-refractivity contribution < 1.29 is 9.59 Å². The lowest BCUT2D eigenvalue weighted by Gasteiger charge is -2.37. The van der Waals surface area contributed by atoms with E-state index >= 15 is 0 Å². The number of nitrogens with zero attached hydrogens (tertiary/aromatic N) is 2. The molecule has 0 aliphatic carbocycles. The van der Waals surface area contributed by atoms with Gasteiger partial charge in [0, 0.05) is 11.6 Å². The standard InChI is InChI=1S/C14H21N3O2S/c1-4-11(13-15-5-6-20-13)17-8-12(18)16-10(14(17)19)7-9(2)3/h5-6,9-11H,4,7-8H2,1-3H3,(H,16,18). The van der Waals surface area contributed by atoms with Gasteiger partial charge < -0.3 is 10.2 Å². The van der Waals surface area contributed by atoms with Gasteiger partial charge in [-0.2, -0.15) is 0 Å². The Labute approximate surface area is 123 Å². The van der Waals surface area contributed by atoms with Gasteiger partial charge in [0.1, 0.15) is 17.6 Å². The first kappa shape index (κ1) is 15.0. The van der Waals surface area contributed by atoms with Crippen molar-refractivity contribution in [3.63, 3.8) is 0 Å². The molecule has 6 heteroatoms. The summed E-state index contributed by atoms with van der Waals surface area (Å²) in [5.74, 6) is 0.301. The van der Waals surface area contributed by atoms with E-state index in [1.807, 2.05) is 12.3 Å². The summed E-state index contributed by atoms with van der Waals surface area (Å²) >= 11 is 1.53. The van der Waals surface area contributed by atoms with E-state index in [4.69, 9.17) is 0 Å². The fourth-order valence-electron chi connectivity index (χ4n) is 2.56. The third-order valence-electron chi connectivity index (χ3n) is 3.44. The van der Waals surface area contributed by atoms with Gasteiger partial charge in [-0.15, -0.1) is 11.3 Å². The van der Waals surface area contributed by atoms with Gasteiger partial charge in [-0.05, 0) is 18.8 Å². The Balaban J connectivity index is 2.20. The second-order valence-electron chi connectivity index (χ2n) is 5.51. The van der Waals surface area contributed by atoms with Crippen LogP contribution in [0.4, 0.5) is 0 Å². The zero-order chi connectivity index (χ0) is 14.7. The first-order valence-electron chi connectivity index (χ1n) is 7.02. The Bertz CT molecular complexity index is 473. The van der Waals surface area contributed by atoms with E-state index in [9.17, 15) is 9.59 Å². The highest BCUT2D eigenvalue weighted by molar-refractivity contribution is 7.09. The Kier molecular flexibility index (Phi) is 4.75. The van der Waals surface area contributed by atoms with Crippen LogP contribution >= 0.6 is 11.3 Å². The SMILES string of the molecule is CCC(c1nccs1)N1CC(=O)NC(CC(C)C)C1=O. The predicted octanol–water partition coefficient (Wildman–Crippen LogP) is 1.97. The third kappa shape index (κ3) is 3.17. The van der Waals surface area contributed by atoms with Crippen LogP contribution in [-0.2, 0) is 9.59 Å². The van der Waals surface area contributed by atoms with Gasteiger partial charge in [0.2, 0.25) is 11.8 Å². The molecule has 2 heterocycles. The summed E-state index contributed by atoms with van der Waals surface area (Å²) < 4.78 is 0. The molecule has 0 bridgehead atoms. The monoisotopic (exact) mass is 295 g/mol. The van der Waals surface area contributed by atoms with Gasteiger partial charge in [-0.3, -0.25) is 9.59 Å². The van der Waals surface area contributed by atoms with E-state index in [0.29, 0.717) is 12.3 Å². The molecule has 110 valence electrons. The summed E-state index contributed by atoms with van der Waals surface area (Å²) in [5, 5.41) is 5.61. The normalized spacial score (nSPS) is 21.2. The second kappa shape index (κ2) is 6.35. The minimum absolute atomic E-state index is 0.0142. The van der Waals surface area contributed by atoms with Crippen molar-refractivity contribution in [1.29, 1.82) is 0 Å². The summed E-state index contributed by atoms with van der Waals surface area (Å²) in [6.45, 7) is 6.25. The van der Waals surface area contributed by atoms with Crippen molar-refractivity contribution in [2.75, 3.05) is 6.54 Å². The van der Waals surface area contributed by atoms with Crippen LogP contribution in [0, 0.1) is 5.92 Å². The topological polar surface area (TPSA) is 62.3 Å². The van der Waals surface area contributed by atoms with E-state index in [2.05, 4.69) is 24.1 Å². The second-order valence-corrected chi connectivity index (χ2v) is 6.44. The molecule has 0 aromatic carbocycles. The minimum atomic E-state index is -0.398. The fourth-order valence-corrected chi connectivity index (χ4v) is 3.39. The Morgan fingerprint density at radius 2 is 2.25 bits per heavy atom. The summed E-state index contributed by atoms with van der Waals surface area (Å²) in [6.07, 6.45) is 3.18. The number of carbonyl (C=O) groups excluding carboxylic acids is 2. The van der Waals surface area contributed by atoms with Crippen molar-refractivity contribution in [2.45, 2.75) is 45.7 Å². The molecule has 0 saturated carbocycles. The fraction of sp³-hybridized carbons (Fsp3) is 0.643. The molecule has 1 N–H and O–H groups in total. The average Bonchev–Trinajstić information content (AvgIpc) is 2.89. The number of piperazine rings is 1. The van der Waals surface area contributed by atoms with Crippen molar-refractivity contribution in [3.05, 3.63) is 16.6 Å². The number of hydrogen-bond donors (Lipinski definition) is 1. The molecule has 2 unspecified atom stereocenters. The summed E-state index contributed by atoms with van der Waals surface area (Å²) in [6, 6.07) is -0.492. The molecule has 1 aromatic heterocycles. The van der Waals surface area contributed by atoms with Crippen LogP contribution in [0.2, 0.25) is 0 Å². The van der Waals surface area contributed by atoms with Crippen LogP contribution in [0.15, 0.2) is 11.6 Å². The van der Waals surface area contributed by atoms with E-state index in [-0.39, 0.29) is 24.4 Å². The lowest BCUT2D eigenvalue weighted by molar-refractivity contribution is -0.147. The molecule has 1 aromatic rings. The van der Waals surface area contributed by atoms with E-state index in [1.165, 1.54) is 11.3 Å². The molecule has 1 aliphatic heterocycles. The smallest absolute Gasteiger partial charge is 0.246 e. The molecule has 1 fully saturated rings. The molecule has 1 saturated heterocycles. The lowest BCUT2D eigenvalue weighted by atomic mass is 9.99. The van der Waals surface area contributed by atoms with Crippen LogP contribution in [0.1, 0.15) is 44.7 Å². The number of aromatic nitrogens is 1. The molecule has 20 heavy (non-hydrogen) atoms. The van der Waals surface area contributed by atoms with Gasteiger partial charge in [-0.1, -0.05) is 20.8 Å². The van der Waals surface area contributed by atoms with Crippen molar-refractivity contribution in [3.8, 4) is 0 Å². The summed E-state index contributed by atoms with van der Waals surface area (Å²) in [7, 11) is 0. The number of amides is 2. The number of nitrogens with one attached hydrogen (secondary N) is 1. The molecule has 1 aliphatic rings. The molecule has 2 amide bonds. The van der Waals surface area contributed by atoms with E-state index in [1.54, 1.807) is 11.1 Å². The average molecular weight is 295 g/mol. The van der Waals surface area contributed by atoms with Gasteiger partial charge in [0.15, 0.2) is 0 Å². The maximum atomic E-state index is 12.6. The van der Waals surface area contributed by atoms with Crippen LogP contribution in [0.5, 0.6) is 0 Å². The van der Waals surface area contributed by atoms with E-state index < -0.39 is 6.04 Å². The molecule has 5 nitrogen and oxygen atoms in total. The van der Waals surface area contributed by atoms with Crippen LogP contribution in [0.25, 0.3) is 0 Å². The molecule has 0 spiro atoms. The number of hydrogen-bond acceptors (Lipinski definition) is 4. The van der Waals surface area contributed by atoms with Gasteiger partial charge in [0.05, 0.1) is 6.04 Å².